The minimum atomic E-state index is 0.871. The molecule has 0 radical (unpaired) electrons. The molecule has 0 N–H and O–H groups in total. The van der Waals surface area contributed by atoms with Gasteiger partial charge >= 0.3 is 0 Å². The van der Waals surface area contributed by atoms with Crippen molar-refractivity contribution in [2.24, 2.45) is 0 Å². The van der Waals surface area contributed by atoms with Gasteiger partial charge in [0.15, 0.2) is 0 Å². The summed E-state index contributed by atoms with van der Waals surface area (Å²) in [5, 5.41) is 0. The Morgan fingerprint density at radius 3 is 2.32 bits per heavy atom. The van der Waals surface area contributed by atoms with E-state index in [0.717, 1.165) is 70.7 Å². The molecule has 6 nitrogen and oxygen atoms in total. The molecular weight excluding hydrogens is 348 g/mol. The Balaban J connectivity index is 1.29. The molecule has 0 bridgehead atoms. The van der Waals surface area contributed by atoms with Crippen LogP contribution >= 0.6 is 0 Å². The topological polar surface area (TPSA) is 38.7 Å². The van der Waals surface area contributed by atoms with Crippen LogP contribution in [0.4, 0.5) is 11.8 Å². The number of anilines is 2. The Hall–Kier alpha value is -2.44. The fourth-order valence-electron chi connectivity index (χ4n) is 3.74. The Morgan fingerprint density at radius 2 is 1.57 bits per heavy atom. The largest absolute Gasteiger partial charge is 0.354 e. The SMILES string of the molecule is CN1CCN(c2ccnc(N3CCN(C/C=C/c4ccccc4)CC3)n2)CC1. The molecule has 0 unspecified atom stereocenters. The molecule has 2 fully saturated rings. The van der Waals surface area contributed by atoms with E-state index in [1.165, 1.54) is 5.56 Å². The van der Waals surface area contributed by atoms with Crippen molar-refractivity contribution in [2.45, 2.75) is 0 Å². The van der Waals surface area contributed by atoms with E-state index in [2.05, 4.69) is 74.1 Å². The van der Waals surface area contributed by atoms with Crippen molar-refractivity contribution in [3.05, 3.63) is 54.2 Å². The Kier molecular flexibility index (Phi) is 6.19. The molecular formula is C22H30N6. The van der Waals surface area contributed by atoms with Gasteiger partial charge in [-0.15, -0.1) is 0 Å². The maximum atomic E-state index is 4.86. The van der Waals surface area contributed by atoms with Gasteiger partial charge in [-0.2, -0.15) is 4.98 Å². The van der Waals surface area contributed by atoms with Gasteiger partial charge in [0.2, 0.25) is 5.95 Å². The molecule has 4 rings (SSSR count). The molecule has 0 atom stereocenters. The molecule has 3 heterocycles. The van der Waals surface area contributed by atoms with Crippen LogP contribution in [0.1, 0.15) is 5.56 Å². The molecule has 6 heteroatoms. The quantitative estimate of drug-likeness (QED) is 0.793. The molecule has 1 aromatic carbocycles. The number of rotatable bonds is 5. The third-order valence-electron chi connectivity index (χ3n) is 5.58. The summed E-state index contributed by atoms with van der Waals surface area (Å²) in [6, 6.07) is 12.5. The van der Waals surface area contributed by atoms with Crippen LogP contribution < -0.4 is 9.80 Å². The third-order valence-corrected chi connectivity index (χ3v) is 5.58. The van der Waals surface area contributed by atoms with Crippen molar-refractivity contribution >= 4 is 17.8 Å². The van der Waals surface area contributed by atoms with Gasteiger partial charge in [-0.3, -0.25) is 4.90 Å². The number of hydrogen-bond donors (Lipinski definition) is 0. The lowest BCUT2D eigenvalue weighted by molar-refractivity contribution is 0.283. The van der Waals surface area contributed by atoms with Crippen LogP contribution in [0.25, 0.3) is 6.08 Å². The lowest BCUT2D eigenvalue weighted by Crippen LogP contribution is -2.47. The minimum absolute atomic E-state index is 0.871. The van der Waals surface area contributed by atoms with Gasteiger partial charge in [0, 0.05) is 65.1 Å². The zero-order valence-electron chi connectivity index (χ0n) is 16.7. The summed E-state index contributed by atoms with van der Waals surface area (Å²) in [6.45, 7) is 9.29. The van der Waals surface area contributed by atoms with Gasteiger partial charge in [0.1, 0.15) is 5.82 Å². The number of benzene rings is 1. The molecule has 2 aliphatic rings. The second-order valence-corrected chi connectivity index (χ2v) is 7.61. The summed E-state index contributed by atoms with van der Waals surface area (Å²) in [5.41, 5.74) is 1.26. The van der Waals surface area contributed by atoms with Crippen molar-refractivity contribution in [1.29, 1.82) is 0 Å². The number of likely N-dealkylation sites (N-methyl/N-ethyl adjacent to an activating group) is 1. The molecule has 148 valence electrons. The van der Waals surface area contributed by atoms with E-state index in [-0.39, 0.29) is 0 Å². The zero-order chi connectivity index (χ0) is 19.2. The van der Waals surface area contributed by atoms with Crippen LogP contribution in [0.5, 0.6) is 0 Å². The van der Waals surface area contributed by atoms with Crippen LogP contribution in [-0.2, 0) is 0 Å². The average Bonchev–Trinajstić information content (AvgIpc) is 2.76. The van der Waals surface area contributed by atoms with Crippen molar-refractivity contribution in [1.82, 2.24) is 19.8 Å². The number of nitrogens with zero attached hydrogens (tertiary/aromatic N) is 6. The minimum Gasteiger partial charge on any atom is -0.354 e. The first-order valence-electron chi connectivity index (χ1n) is 10.2. The van der Waals surface area contributed by atoms with E-state index >= 15 is 0 Å². The van der Waals surface area contributed by atoms with Gasteiger partial charge in [0.25, 0.3) is 0 Å². The molecule has 28 heavy (non-hydrogen) atoms. The van der Waals surface area contributed by atoms with Gasteiger partial charge in [-0.05, 0) is 18.7 Å². The van der Waals surface area contributed by atoms with Crippen LogP contribution in [0, 0.1) is 0 Å². The van der Waals surface area contributed by atoms with Crippen molar-refractivity contribution in [2.75, 3.05) is 75.8 Å². The predicted molar refractivity (Wildman–Crippen MR) is 116 cm³/mol. The highest BCUT2D eigenvalue weighted by atomic mass is 15.3. The maximum absolute atomic E-state index is 4.86. The maximum Gasteiger partial charge on any atom is 0.227 e. The third kappa shape index (κ3) is 4.88. The summed E-state index contributed by atoms with van der Waals surface area (Å²) < 4.78 is 0. The van der Waals surface area contributed by atoms with Crippen LogP contribution in [-0.4, -0.2) is 85.7 Å². The molecule has 0 spiro atoms. The van der Waals surface area contributed by atoms with E-state index in [0.29, 0.717) is 0 Å². The van der Waals surface area contributed by atoms with Crippen molar-refractivity contribution < 1.29 is 0 Å². The number of piperazine rings is 2. The van der Waals surface area contributed by atoms with E-state index < -0.39 is 0 Å². The highest BCUT2D eigenvalue weighted by molar-refractivity contribution is 5.49. The normalized spacial score (nSPS) is 19.5. The molecule has 2 aliphatic heterocycles. The average molecular weight is 379 g/mol. The van der Waals surface area contributed by atoms with Crippen molar-refractivity contribution in [3.63, 3.8) is 0 Å². The van der Waals surface area contributed by atoms with Gasteiger partial charge in [-0.1, -0.05) is 42.5 Å². The second-order valence-electron chi connectivity index (χ2n) is 7.61. The van der Waals surface area contributed by atoms with Crippen LogP contribution in [0.2, 0.25) is 0 Å². The lowest BCUT2D eigenvalue weighted by atomic mass is 10.2. The Bertz CT molecular complexity index is 762. The Morgan fingerprint density at radius 1 is 0.857 bits per heavy atom. The van der Waals surface area contributed by atoms with E-state index in [1.807, 2.05) is 12.3 Å². The summed E-state index contributed by atoms with van der Waals surface area (Å²) in [7, 11) is 2.18. The second kappa shape index (κ2) is 9.17. The van der Waals surface area contributed by atoms with E-state index in [4.69, 9.17) is 4.98 Å². The highest BCUT2D eigenvalue weighted by Gasteiger charge is 2.20. The number of aromatic nitrogens is 2. The molecule has 2 aromatic rings. The molecule has 0 amide bonds. The molecule has 1 aromatic heterocycles. The van der Waals surface area contributed by atoms with Crippen LogP contribution in [0.3, 0.4) is 0 Å². The summed E-state index contributed by atoms with van der Waals surface area (Å²) in [6.07, 6.45) is 6.37. The monoisotopic (exact) mass is 378 g/mol. The summed E-state index contributed by atoms with van der Waals surface area (Å²) in [5.74, 6) is 1.93. The zero-order valence-corrected chi connectivity index (χ0v) is 16.7. The first-order valence-corrected chi connectivity index (χ1v) is 10.2. The van der Waals surface area contributed by atoms with Crippen molar-refractivity contribution in [3.8, 4) is 0 Å². The fourth-order valence-corrected chi connectivity index (χ4v) is 3.74. The van der Waals surface area contributed by atoms with Gasteiger partial charge < -0.3 is 14.7 Å². The first-order chi connectivity index (χ1) is 13.8. The Labute approximate surface area is 168 Å². The standard InChI is InChI=1S/C22H30N6/c1-25-12-16-27(17-13-25)21-9-10-23-22(24-21)28-18-14-26(15-19-28)11-5-8-20-6-3-2-4-7-20/h2-10H,11-19H2,1H3/b8-5+. The molecule has 0 saturated carbocycles. The summed E-state index contributed by atoms with van der Waals surface area (Å²) in [4.78, 5) is 18.9. The summed E-state index contributed by atoms with van der Waals surface area (Å²) >= 11 is 0. The molecule has 0 aliphatic carbocycles. The highest BCUT2D eigenvalue weighted by Crippen LogP contribution is 2.18. The first kappa shape index (κ1) is 18.9. The van der Waals surface area contributed by atoms with Gasteiger partial charge in [-0.25, -0.2) is 4.98 Å². The smallest absolute Gasteiger partial charge is 0.227 e. The van der Waals surface area contributed by atoms with Crippen LogP contribution in [0.15, 0.2) is 48.7 Å². The van der Waals surface area contributed by atoms with E-state index in [1.54, 1.807) is 0 Å². The lowest BCUT2D eigenvalue weighted by Gasteiger charge is -2.35. The van der Waals surface area contributed by atoms with Gasteiger partial charge in [0.05, 0.1) is 0 Å². The molecule has 2 saturated heterocycles. The van der Waals surface area contributed by atoms with E-state index in [9.17, 15) is 0 Å². The fraction of sp³-hybridized carbons (Fsp3) is 0.455. The number of hydrogen-bond acceptors (Lipinski definition) is 6. The predicted octanol–water partition coefficient (Wildman–Crippen LogP) is 2.06.